The number of anilines is 1. The van der Waals surface area contributed by atoms with Gasteiger partial charge in [-0.15, -0.1) is 11.6 Å². The highest BCUT2D eigenvalue weighted by Crippen LogP contribution is 2.34. The average molecular weight is 267 g/mol. The molecule has 1 aromatic rings. The van der Waals surface area contributed by atoms with Crippen LogP contribution in [-0.2, 0) is 6.18 Å². The van der Waals surface area contributed by atoms with E-state index in [2.05, 4.69) is 10.3 Å². The topological polar surface area (TPSA) is 24.9 Å². The van der Waals surface area contributed by atoms with Gasteiger partial charge in [0, 0.05) is 17.6 Å². The summed E-state index contributed by atoms with van der Waals surface area (Å²) in [5.74, 6) is 0.212. The SMILES string of the molecule is CC(C)(CCCl)Nc1ncccc1C(F)(F)F. The molecule has 0 radical (unpaired) electrons. The Labute approximate surface area is 103 Å². The maximum absolute atomic E-state index is 12.7. The standard InChI is InChI=1S/C11H14ClF3N2/c1-10(2,5-6-12)17-9-8(11(13,14)15)4-3-7-16-9/h3-4,7H,5-6H2,1-2H3,(H,16,17). The normalized spacial score (nSPS) is 12.6. The number of alkyl halides is 4. The molecule has 0 unspecified atom stereocenters. The van der Waals surface area contributed by atoms with Crippen molar-refractivity contribution in [2.45, 2.75) is 32.0 Å². The summed E-state index contributed by atoms with van der Waals surface area (Å²) in [6.07, 6.45) is -2.54. The zero-order chi connectivity index (χ0) is 13.1. The lowest BCUT2D eigenvalue weighted by atomic mass is 10.0. The predicted octanol–water partition coefficient (Wildman–Crippen LogP) is 3.92. The van der Waals surface area contributed by atoms with Crippen LogP contribution in [0.3, 0.4) is 0 Å². The Morgan fingerprint density at radius 2 is 2.00 bits per heavy atom. The van der Waals surface area contributed by atoms with Gasteiger partial charge in [-0.1, -0.05) is 0 Å². The Morgan fingerprint density at radius 1 is 1.35 bits per heavy atom. The Bertz CT molecular complexity index is 377. The predicted molar refractivity (Wildman–Crippen MR) is 62.3 cm³/mol. The lowest BCUT2D eigenvalue weighted by molar-refractivity contribution is -0.137. The molecule has 0 aliphatic rings. The van der Waals surface area contributed by atoms with E-state index < -0.39 is 17.3 Å². The van der Waals surface area contributed by atoms with E-state index in [0.29, 0.717) is 12.3 Å². The number of aromatic nitrogens is 1. The van der Waals surface area contributed by atoms with Crippen molar-refractivity contribution in [3.8, 4) is 0 Å². The molecule has 1 N–H and O–H groups in total. The molecule has 1 rings (SSSR count). The highest BCUT2D eigenvalue weighted by Gasteiger charge is 2.35. The van der Waals surface area contributed by atoms with Crippen LogP contribution in [0.15, 0.2) is 18.3 Å². The summed E-state index contributed by atoms with van der Waals surface area (Å²) in [4.78, 5) is 3.74. The first-order valence-corrected chi connectivity index (χ1v) is 5.66. The number of pyridine rings is 1. The fraction of sp³-hybridized carbons (Fsp3) is 0.545. The summed E-state index contributed by atoms with van der Waals surface area (Å²) in [6.45, 7) is 3.56. The quantitative estimate of drug-likeness (QED) is 0.836. The van der Waals surface area contributed by atoms with Crippen molar-refractivity contribution < 1.29 is 13.2 Å². The third-order valence-corrected chi connectivity index (χ3v) is 2.48. The van der Waals surface area contributed by atoms with Crippen LogP contribution in [-0.4, -0.2) is 16.4 Å². The molecule has 0 saturated heterocycles. The second-order valence-electron chi connectivity index (χ2n) is 4.35. The van der Waals surface area contributed by atoms with Gasteiger partial charge in [0.05, 0.1) is 5.56 Å². The van der Waals surface area contributed by atoms with E-state index in [1.54, 1.807) is 13.8 Å². The van der Waals surface area contributed by atoms with Crippen LogP contribution in [0, 0.1) is 0 Å². The molecule has 0 fully saturated rings. The fourth-order valence-electron chi connectivity index (χ4n) is 1.35. The van der Waals surface area contributed by atoms with Crippen molar-refractivity contribution in [3.05, 3.63) is 23.9 Å². The molecule has 1 aromatic heterocycles. The van der Waals surface area contributed by atoms with E-state index in [0.717, 1.165) is 6.07 Å². The molecule has 17 heavy (non-hydrogen) atoms. The molecule has 0 aliphatic heterocycles. The van der Waals surface area contributed by atoms with Crippen LogP contribution in [0.2, 0.25) is 0 Å². The average Bonchev–Trinajstić information content (AvgIpc) is 2.15. The van der Waals surface area contributed by atoms with Crippen LogP contribution in [0.1, 0.15) is 25.8 Å². The summed E-state index contributed by atoms with van der Waals surface area (Å²) >= 11 is 5.60. The first-order chi connectivity index (χ1) is 7.76. The van der Waals surface area contributed by atoms with Gasteiger partial charge in [-0.25, -0.2) is 4.98 Å². The van der Waals surface area contributed by atoms with Crippen LogP contribution < -0.4 is 5.32 Å². The molecule has 2 nitrogen and oxygen atoms in total. The number of nitrogens with one attached hydrogen (secondary N) is 1. The van der Waals surface area contributed by atoms with Gasteiger partial charge in [0.2, 0.25) is 0 Å². The maximum Gasteiger partial charge on any atom is 0.419 e. The number of rotatable bonds is 4. The Balaban J connectivity index is 2.99. The van der Waals surface area contributed by atoms with E-state index in [-0.39, 0.29) is 5.82 Å². The zero-order valence-corrected chi connectivity index (χ0v) is 10.4. The van der Waals surface area contributed by atoms with Gasteiger partial charge in [-0.2, -0.15) is 13.2 Å². The molecule has 1 heterocycles. The summed E-state index contributed by atoms with van der Waals surface area (Å²) in [5, 5.41) is 2.78. The summed E-state index contributed by atoms with van der Waals surface area (Å²) in [7, 11) is 0. The van der Waals surface area contributed by atoms with Crippen LogP contribution in [0.5, 0.6) is 0 Å². The largest absolute Gasteiger partial charge is 0.419 e. The number of halogens is 4. The monoisotopic (exact) mass is 266 g/mol. The minimum atomic E-state index is -4.41. The van der Waals surface area contributed by atoms with Gasteiger partial charge in [-0.05, 0) is 32.4 Å². The Hall–Kier alpha value is -0.970. The molecule has 0 amide bonds. The van der Waals surface area contributed by atoms with E-state index in [9.17, 15) is 13.2 Å². The molecular weight excluding hydrogens is 253 g/mol. The lowest BCUT2D eigenvalue weighted by Gasteiger charge is -2.27. The highest BCUT2D eigenvalue weighted by molar-refractivity contribution is 6.17. The smallest absolute Gasteiger partial charge is 0.365 e. The third-order valence-electron chi connectivity index (χ3n) is 2.29. The summed E-state index contributed by atoms with van der Waals surface area (Å²) in [6, 6.07) is 2.27. The lowest BCUT2D eigenvalue weighted by Crippen LogP contribution is -2.33. The Kier molecular flexibility index (Phi) is 4.25. The zero-order valence-electron chi connectivity index (χ0n) is 9.61. The second-order valence-corrected chi connectivity index (χ2v) is 4.72. The summed E-state index contributed by atoms with van der Waals surface area (Å²) in [5.41, 5.74) is -1.29. The van der Waals surface area contributed by atoms with E-state index in [1.165, 1.54) is 12.3 Å². The molecule has 0 atom stereocenters. The van der Waals surface area contributed by atoms with Gasteiger partial charge in [-0.3, -0.25) is 0 Å². The fourth-order valence-corrected chi connectivity index (χ4v) is 1.83. The molecule has 0 bridgehead atoms. The highest BCUT2D eigenvalue weighted by atomic mass is 35.5. The summed E-state index contributed by atoms with van der Waals surface area (Å²) < 4.78 is 38.1. The van der Waals surface area contributed by atoms with E-state index >= 15 is 0 Å². The van der Waals surface area contributed by atoms with Crippen LogP contribution in [0.4, 0.5) is 19.0 Å². The van der Waals surface area contributed by atoms with E-state index in [4.69, 9.17) is 11.6 Å². The molecule has 0 aromatic carbocycles. The second kappa shape index (κ2) is 5.12. The number of hydrogen-bond acceptors (Lipinski definition) is 2. The third kappa shape index (κ3) is 4.07. The van der Waals surface area contributed by atoms with Crippen molar-refractivity contribution in [1.82, 2.24) is 4.98 Å². The van der Waals surface area contributed by atoms with Crippen LogP contribution >= 0.6 is 11.6 Å². The molecule has 0 aliphatic carbocycles. The Morgan fingerprint density at radius 3 is 2.53 bits per heavy atom. The molecule has 0 saturated carbocycles. The minimum Gasteiger partial charge on any atom is -0.365 e. The molecular formula is C11H14ClF3N2. The first-order valence-electron chi connectivity index (χ1n) is 5.12. The molecule has 6 heteroatoms. The van der Waals surface area contributed by atoms with Crippen molar-refractivity contribution in [1.29, 1.82) is 0 Å². The molecule has 96 valence electrons. The maximum atomic E-state index is 12.7. The van der Waals surface area contributed by atoms with Crippen molar-refractivity contribution in [2.24, 2.45) is 0 Å². The van der Waals surface area contributed by atoms with Gasteiger partial charge in [0.25, 0.3) is 0 Å². The molecule has 0 spiro atoms. The van der Waals surface area contributed by atoms with Crippen molar-refractivity contribution >= 4 is 17.4 Å². The minimum absolute atomic E-state index is 0.157. The van der Waals surface area contributed by atoms with Crippen molar-refractivity contribution in [2.75, 3.05) is 11.2 Å². The number of hydrogen-bond donors (Lipinski definition) is 1. The van der Waals surface area contributed by atoms with Gasteiger partial charge < -0.3 is 5.32 Å². The van der Waals surface area contributed by atoms with Gasteiger partial charge >= 0.3 is 6.18 Å². The van der Waals surface area contributed by atoms with Gasteiger partial charge in [0.1, 0.15) is 5.82 Å². The van der Waals surface area contributed by atoms with E-state index in [1.807, 2.05) is 0 Å². The first kappa shape index (κ1) is 14.1. The number of nitrogens with zero attached hydrogens (tertiary/aromatic N) is 1. The van der Waals surface area contributed by atoms with Gasteiger partial charge in [0.15, 0.2) is 0 Å². The van der Waals surface area contributed by atoms with Crippen LogP contribution in [0.25, 0.3) is 0 Å². The van der Waals surface area contributed by atoms with Crippen molar-refractivity contribution in [3.63, 3.8) is 0 Å².